The SMILES string of the molecule is C[C@@H]1O[C@H](CO)[C@@H](O)[C@H]1C#N. The van der Waals surface area contributed by atoms with Gasteiger partial charge in [0.05, 0.1) is 18.8 Å². The van der Waals surface area contributed by atoms with Gasteiger partial charge in [-0.1, -0.05) is 0 Å². The minimum Gasteiger partial charge on any atom is -0.394 e. The number of nitriles is 1. The molecule has 0 unspecified atom stereocenters. The zero-order valence-electron chi connectivity index (χ0n) is 6.27. The minimum absolute atomic E-state index is 0.232. The Hall–Kier alpha value is -0.630. The van der Waals surface area contributed by atoms with E-state index in [2.05, 4.69) is 0 Å². The normalized spacial score (nSPS) is 43.8. The van der Waals surface area contributed by atoms with Crippen LogP contribution < -0.4 is 0 Å². The average Bonchev–Trinajstić information content (AvgIpc) is 2.26. The maximum atomic E-state index is 9.31. The smallest absolute Gasteiger partial charge is 0.108 e. The second-order valence-electron chi connectivity index (χ2n) is 2.71. The molecule has 1 aliphatic rings. The molecule has 0 amide bonds. The monoisotopic (exact) mass is 157 g/mol. The van der Waals surface area contributed by atoms with Crippen LogP contribution in [0, 0.1) is 17.2 Å². The van der Waals surface area contributed by atoms with Gasteiger partial charge in [-0.2, -0.15) is 5.26 Å². The van der Waals surface area contributed by atoms with Gasteiger partial charge in [0.15, 0.2) is 0 Å². The molecular weight excluding hydrogens is 146 g/mol. The van der Waals surface area contributed by atoms with Gasteiger partial charge in [-0.3, -0.25) is 0 Å². The second kappa shape index (κ2) is 3.18. The van der Waals surface area contributed by atoms with Crippen molar-refractivity contribution in [3.63, 3.8) is 0 Å². The van der Waals surface area contributed by atoms with Crippen molar-refractivity contribution in [2.75, 3.05) is 6.61 Å². The molecule has 62 valence electrons. The van der Waals surface area contributed by atoms with Crippen molar-refractivity contribution in [1.82, 2.24) is 0 Å². The Morgan fingerprint density at radius 2 is 2.27 bits per heavy atom. The molecule has 4 nitrogen and oxygen atoms in total. The van der Waals surface area contributed by atoms with Crippen LogP contribution in [-0.4, -0.2) is 35.1 Å². The van der Waals surface area contributed by atoms with E-state index in [1.54, 1.807) is 6.92 Å². The third kappa shape index (κ3) is 1.36. The maximum absolute atomic E-state index is 9.31. The molecule has 0 spiro atoms. The molecule has 11 heavy (non-hydrogen) atoms. The lowest BCUT2D eigenvalue weighted by Crippen LogP contribution is -2.28. The van der Waals surface area contributed by atoms with E-state index >= 15 is 0 Å². The van der Waals surface area contributed by atoms with Gasteiger partial charge >= 0.3 is 0 Å². The molecular formula is C7H11NO3. The van der Waals surface area contributed by atoms with Gasteiger partial charge in [-0.15, -0.1) is 0 Å². The van der Waals surface area contributed by atoms with Crippen molar-refractivity contribution in [2.24, 2.45) is 5.92 Å². The van der Waals surface area contributed by atoms with E-state index in [1.165, 1.54) is 0 Å². The Labute approximate surface area is 65.0 Å². The molecule has 1 rings (SSSR count). The summed E-state index contributed by atoms with van der Waals surface area (Å²) in [5.74, 6) is -0.507. The molecule has 1 aliphatic heterocycles. The molecule has 2 N–H and O–H groups in total. The van der Waals surface area contributed by atoms with Gasteiger partial charge in [0.1, 0.15) is 18.1 Å². The zero-order valence-corrected chi connectivity index (χ0v) is 6.27. The van der Waals surface area contributed by atoms with Gasteiger partial charge in [0, 0.05) is 0 Å². The van der Waals surface area contributed by atoms with Crippen LogP contribution >= 0.6 is 0 Å². The van der Waals surface area contributed by atoms with E-state index in [0.29, 0.717) is 0 Å². The Bertz CT molecular complexity index is 177. The quantitative estimate of drug-likeness (QED) is 0.526. The largest absolute Gasteiger partial charge is 0.394 e. The first kappa shape index (κ1) is 8.47. The van der Waals surface area contributed by atoms with Gasteiger partial charge in [0.2, 0.25) is 0 Å². The first-order valence-electron chi connectivity index (χ1n) is 3.54. The van der Waals surface area contributed by atoms with E-state index in [-0.39, 0.29) is 12.7 Å². The van der Waals surface area contributed by atoms with Gasteiger partial charge in [0.25, 0.3) is 0 Å². The van der Waals surface area contributed by atoms with Crippen LogP contribution in [0.4, 0.5) is 0 Å². The van der Waals surface area contributed by atoms with Crippen LogP contribution in [-0.2, 0) is 4.74 Å². The highest BCUT2D eigenvalue weighted by Crippen LogP contribution is 2.25. The van der Waals surface area contributed by atoms with Gasteiger partial charge in [-0.05, 0) is 6.92 Å². The van der Waals surface area contributed by atoms with Crippen LogP contribution in [0.15, 0.2) is 0 Å². The van der Waals surface area contributed by atoms with E-state index in [1.807, 2.05) is 6.07 Å². The van der Waals surface area contributed by atoms with Gasteiger partial charge in [-0.25, -0.2) is 0 Å². The number of nitrogens with zero attached hydrogens (tertiary/aromatic N) is 1. The molecule has 1 saturated heterocycles. The van der Waals surface area contributed by atoms with Gasteiger partial charge < -0.3 is 14.9 Å². The third-order valence-electron chi connectivity index (χ3n) is 1.97. The fourth-order valence-corrected chi connectivity index (χ4v) is 1.28. The van der Waals surface area contributed by atoms with Crippen molar-refractivity contribution in [3.8, 4) is 6.07 Å². The molecule has 0 aromatic heterocycles. The summed E-state index contributed by atoms with van der Waals surface area (Å²) in [6, 6.07) is 1.94. The number of aliphatic hydroxyl groups excluding tert-OH is 2. The van der Waals surface area contributed by atoms with E-state index in [9.17, 15) is 5.11 Å². The molecule has 4 heteroatoms. The Morgan fingerprint density at radius 1 is 1.64 bits per heavy atom. The number of rotatable bonds is 1. The van der Waals surface area contributed by atoms with Crippen molar-refractivity contribution >= 4 is 0 Å². The van der Waals surface area contributed by atoms with Crippen LogP contribution in [0.2, 0.25) is 0 Å². The zero-order chi connectivity index (χ0) is 8.43. The number of ether oxygens (including phenoxy) is 1. The first-order chi connectivity index (χ1) is 5.20. The van der Waals surface area contributed by atoms with E-state index in [4.69, 9.17) is 15.1 Å². The highest BCUT2D eigenvalue weighted by atomic mass is 16.5. The average molecular weight is 157 g/mol. The summed E-state index contributed by atoms with van der Waals surface area (Å²) in [6.07, 6.45) is -1.72. The summed E-state index contributed by atoms with van der Waals surface area (Å²) < 4.78 is 5.10. The van der Waals surface area contributed by atoms with Crippen molar-refractivity contribution in [1.29, 1.82) is 5.26 Å². The lowest BCUT2D eigenvalue weighted by atomic mass is 9.99. The maximum Gasteiger partial charge on any atom is 0.108 e. The lowest BCUT2D eigenvalue weighted by molar-refractivity contribution is -0.0170. The number of aliphatic hydroxyl groups is 2. The Balaban J connectivity index is 2.64. The Kier molecular flexibility index (Phi) is 2.45. The molecule has 1 heterocycles. The number of hydrogen-bond donors (Lipinski definition) is 2. The fourth-order valence-electron chi connectivity index (χ4n) is 1.28. The van der Waals surface area contributed by atoms with Crippen LogP contribution in [0.1, 0.15) is 6.92 Å². The van der Waals surface area contributed by atoms with E-state index < -0.39 is 18.1 Å². The summed E-state index contributed by atoms with van der Waals surface area (Å²) >= 11 is 0. The topological polar surface area (TPSA) is 73.5 Å². The molecule has 0 saturated carbocycles. The van der Waals surface area contributed by atoms with Crippen molar-refractivity contribution in [3.05, 3.63) is 0 Å². The van der Waals surface area contributed by atoms with Crippen LogP contribution in [0.25, 0.3) is 0 Å². The third-order valence-corrected chi connectivity index (χ3v) is 1.97. The predicted octanol–water partition coefficient (Wildman–Crippen LogP) is -0.733. The standard InChI is InChI=1S/C7H11NO3/c1-4-5(2-8)7(10)6(3-9)11-4/h4-7,9-10H,3H2,1H3/t4-,5-,6+,7-/m0/s1. The summed E-state index contributed by atoms with van der Waals surface area (Å²) in [7, 11) is 0. The highest BCUT2D eigenvalue weighted by Gasteiger charge is 2.40. The fraction of sp³-hybridized carbons (Fsp3) is 0.857. The molecule has 0 aromatic rings. The lowest BCUT2D eigenvalue weighted by Gasteiger charge is -2.09. The number of hydrogen-bond acceptors (Lipinski definition) is 4. The molecule has 0 aliphatic carbocycles. The van der Waals surface area contributed by atoms with Crippen LogP contribution in [0.3, 0.4) is 0 Å². The summed E-state index contributed by atoms with van der Waals surface area (Å²) in [6.45, 7) is 1.48. The highest BCUT2D eigenvalue weighted by molar-refractivity contribution is 5.00. The van der Waals surface area contributed by atoms with E-state index in [0.717, 1.165) is 0 Å². The molecule has 0 radical (unpaired) electrons. The summed E-state index contributed by atoms with van der Waals surface area (Å²) in [5, 5.41) is 26.5. The Morgan fingerprint density at radius 3 is 2.55 bits per heavy atom. The van der Waals surface area contributed by atoms with Crippen LogP contribution in [0.5, 0.6) is 0 Å². The summed E-state index contributed by atoms with van der Waals surface area (Å²) in [5.41, 5.74) is 0. The molecule has 0 bridgehead atoms. The first-order valence-corrected chi connectivity index (χ1v) is 3.54. The second-order valence-corrected chi connectivity index (χ2v) is 2.71. The molecule has 4 atom stereocenters. The molecule has 0 aromatic carbocycles. The summed E-state index contributed by atoms with van der Waals surface area (Å²) in [4.78, 5) is 0. The minimum atomic E-state index is -0.847. The predicted molar refractivity (Wildman–Crippen MR) is 36.5 cm³/mol. The molecule has 1 fully saturated rings. The van der Waals surface area contributed by atoms with Crippen molar-refractivity contribution < 1.29 is 14.9 Å². The van der Waals surface area contributed by atoms with Crippen molar-refractivity contribution in [2.45, 2.75) is 25.2 Å².